The molecule has 0 aromatic carbocycles. The Balaban J connectivity index is 2.17. The molecule has 0 spiro atoms. The summed E-state index contributed by atoms with van der Waals surface area (Å²) < 4.78 is 0. The zero-order valence-electron chi connectivity index (χ0n) is 9.83. The van der Waals surface area contributed by atoms with Gasteiger partial charge in [-0.1, -0.05) is 6.07 Å². The molecule has 2 aromatic heterocycles. The highest BCUT2D eigenvalue weighted by atomic mass is 16.6. The van der Waals surface area contributed by atoms with Crippen LogP contribution in [-0.2, 0) is 6.54 Å². The first kappa shape index (κ1) is 12.0. The van der Waals surface area contributed by atoms with Gasteiger partial charge in [0.2, 0.25) is 5.82 Å². The van der Waals surface area contributed by atoms with Crippen molar-refractivity contribution < 1.29 is 4.92 Å². The summed E-state index contributed by atoms with van der Waals surface area (Å²) in [6.45, 7) is 2.17. The number of nitrogens with one attached hydrogen (secondary N) is 1. The lowest BCUT2D eigenvalue weighted by Gasteiger charge is -2.06. The molecule has 1 N–H and O–H groups in total. The number of aromatic nitrogens is 2. The molecule has 0 fully saturated rings. The Morgan fingerprint density at radius 3 is 2.89 bits per heavy atom. The van der Waals surface area contributed by atoms with Crippen LogP contribution >= 0.6 is 0 Å². The molecule has 0 saturated carbocycles. The van der Waals surface area contributed by atoms with Crippen molar-refractivity contribution in [2.75, 3.05) is 5.32 Å². The lowest BCUT2D eigenvalue weighted by atomic mass is 10.3. The third-order valence-corrected chi connectivity index (χ3v) is 2.36. The SMILES string of the molecule is Cc1cnc(NCc2ccccn2)c([N+](=O)[O-])c1. The van der Waals surface area contributed by atoms with Gasteiger partial charge < -0.3 is 5.32 Å². The van der Waals surface area contributed by atoms with Crippen LogP contribution in [0.25, 0.3) is 0 Å². The molecular formula is C12H12N4O2. The Kier molecular flexibility index (Phi) is 3.47. The number of hydrogen-bond donors (Lipinski definition) is 1. The van der Waals surface area contributed by atoms with E-state index in [0.29, 0.717) is 6.54 Å². The standard InChI is InChI=1S/C12H12N4O2/c1-9-6-11(16(17)18)12(14-7-9)15-8-10-4-2-3-5-13-10/h2-7H,8H2,1H3,(H,14,15). The van der Waals surface area contributed by atoms with Gasteiger partial charge in [-0.15, -0.1) is 0 Å². The second kappa shape index (κ2) is 5.22. The van der Waals surface area contributed by atoms with E-state index in [-0.39, 0.29) is 11.5 Å². The molecule has 0 aliphatic rings. The van der Waals surface area contributed by atoms with E-state index < -0.39 is 4.92 Å². The number of aryl methyl sites for hydroxylation is 1. The van der Waals surface area contributed by atoms with E-state index in [1.807, 2.05) is 18.2 Å². The Bertz CT molecular complexity index is 557. The Labute approximate surface area is 104 Å². The normalized spacial score (nSPS) is 10.1. The van der Waals surface area contributed by atoms with Crippen molar-refractivity contribution in [1.29, 1.82) is 0 Å². The fourth-order valence-electron chi connectivity index (χ4n) is 1.51. The van der Waals surface area contributed by atoms with E-state index in [4.69, 9.17) is 0 Å². The van der Waals surface area contributed by atoms with Crippen molar-refractivity contribution in [2.24, 2.45) is 0 Å². The molecule has 0 radical (unpaired) electrons. The van der Waals surface area contributed by atoms with E-state index in [0.717, 1.165) is 11.3 Å². The van der Waals surface area contributed by atoms with Crippen LogP contribution in [0.2, 0.25) is 0 Å². The quantitative estimate of drug-likeness (QED) is 0.659. The van der Waals surface area contributed by atoms with Crippen molar-refractivity contribution in [3.8, 4) is 0 Å². The van der Waals surface area contributed by atoms with Crippen LogP contribution in [0.3, 0.4) is 0 Å². The largest absolute Gasteiger partial charge is 0.359 e. The molecular weight excluding hydrogens is 232 g/mol. The average Bonchev–Trinajstić information content (AvgIpc) is 2.38. The molecule has 0 aliphatic heterocycles. The Morgan fingerprint density at radius 2 is 2.22 bits per heavy atom. The lowest BCUT2D eigenvalue weighted by molar-refractivity contribution is -0.384. The molecule has 2 heterocycles. The lowest BCUT2D eigenvalue weighted by Crippen LogP contribution is -2.05. The molecule has 0 unspecified atom stereocenters. The summed E-state index contributed by atoms with van der Waals surface area (Å²) in [6, 6.07) is 7.01. The highest BCUT2D eigenvalue weighted by Crippen LogP contribution is 2.22. The van der Waals surface area contributed by atoms with E-state index in [1.54, 1.807) is 19.3 Å². The van der Waals surface area contributed by atoms with Gasteiger partial charge in [0.1, 0.15) is 0 Å². The van der Waals surface area contributed by atoms with Gasteiger partial charge in [-0.05, 0) is 24.6 Å². The minimum Gasteiger partial charge on any atom is -0.359 e. The molecule has 0 atom stereocenters. The summed E-state index contributed by atoms with van der Waals surface area (Å²) in [6.07, 6.45) is 3.27. The maximum absolute atomic E-state index is 10.9. The number of rotatable bonds is 4. The maximum atomic E-state index is 10.9. The minimum absolute atomic E-state index is 0.0223. The third-order valence-electron chi connectivity index (χ3n) is 2.36. The van der Waals surface area contributed by atoms with Crippen LogP contribution in [0, 0.1) is 17.0 Å². The van der Waals surface area contributed by atoms with Gasteiger partial charge in [0, 0.05) is 18.5 Å². The number of anilines is 1. The van der Waals surface area contributed by atoms with E-state index in [1.165, 1.54) is 6.07 Å². The van der Waals surface area contributed by atoms with Crippen LogP contribution in [0.1, 0.15) is 11.3 Å². The second-order valence-corrected chi connectivity index (χ2v) is 3.81. The molecule has 6 nitrogen and oxygen atoms in total. The van der Waals surface area contributed by atoms with Crippen molar-refractivity contribution in [1.82, 2.24) is 9.97 Å². The van der Waals surface area contributed by atoms with Crippen molar-refractivity contribution in [3.63, 3.8) is 0 Å². The fraction of sp³-hybridized carbons (Fsp3) is 0.167. The topological polar surface area (TPSA) is 81.0 Å². The third kappa shape index (κ3) is 2.79. The highest BCUT2D eigenvalue weighted by Gasteiger charge is 2.14. The predicted octanol–water partition coefficient (Wildman–Crippen LogP) is 2.31. The van der Waals surface area contributed by atoms with E-state index in [9.17, 15) is 10.1 Å². The van der Waals surface area contributed by atoms with Crippen molar-refractivity contribution in [2.45, 2.75) is 13.5 Å². The Hall–Kier alpha value is -2.50. The zero-order chi connectivity index (χ0) is 13.0. The molecule has 6 heteroatoms. The first-order valence-corrected chi connectivity index (χ1v) is 5.41. The van der Waals surface area contributed by atoms with Gasteiger partial charge in [-0.25, -0.2) is 4.98 Å². The molecule has 0 bridgehead atoms. The summed E-state index contributed by atoms with van der Waals surface area (Å²) in [7, 11) is 0. The molecule has 2 rings (SSSR count). The fourth-order valence-corrected chi connectivity index (χ4v) is 1.51. The summed E-state index contributed by atoms with van der Waals surface area (Å²) >= 11 is 0. The van der Waals surface area contributed by atoms with Gasteiger partial charge in [-0.3, -0.25) is 15.1 Å². The van der Waals surface area contributed by atoms with Gasteiger partial charge in [0.05, 0.1) is 17.2 Å². The second-order valence-electron chi connectivity index (χ2n) is 3.81. The molecule has 0 aliphatic carbocycles. The summed E-state index contributed by atoms with van der Waals surface area (Å²) in [5, 5.41) is 13.8. The summed E-state index contributed by atoms with van der Waals surface area (Å²) in [5.74, 6) is 0.260. The number of nitrogens with zero attached hydrogens (tertiary/aromatic N) is 3. The zero-order valence-corrected chi connectivity index (χ0v) is 9.83. The van der Waals surface area contributed by atoms with E-state index in [2.05, 4.69) is 15.3 Å². The first-order chi connectivity index (χ1) is 8.66. The molecule has 2 aromatic rings. The average molecular weight is 244 g/mol. The Morgan fingerprint density at radius 1 is 1.39 bits per heavy atom. The smallest absolute Gasteiger partial charge is 0.311 e. The number of pyridine rings is 2. The molecule has 0 saturated heterocycles. The van der Waals surface area contributed by atoms with Gasteiger partial charge in [0.25, 0.3) is 0 Å². The van der Waals surface area contributed by atoms with Crippen LogP contribution in [-0.4, -0.2) is 14.9 Å². The van der Waals surface area contributed by atoms with Crippen LogP contribution < -0.4 is 5.32 Å². The van der Waals surface area contributed by atoms with Crippen molar-refractivity contribution in [3.05, 3.63) is 58.0 Å². The van der Waals surface area contributed by atoms with Gasteiger partial charge in [-0.2, -0.15) is 0 Å². The summed E-state index contributed by atoms with van der Waals surface area (Å²) in [4.78, 5) is 18.6. The van der Waals surface area contributed by atoms with Crippen molar-refractivity contribution >= 4 is 11.5 Å². The molecule has 92 valence electrons. The van der Waals surface area contributed by atoms with Crippen LogP contribution in [0.15, 0.2) is 36.7 Å². The monoisotopic (exact) mass is 244 g/mol. The minimum atomic E-state index is -0.444. The molecule has 18 heavy (non-hydrogen) atoms. The molecule has 0 amide bonds. The van der Waals surface area contributed by atoms with Gasteiger partial charge >= 0.3 is 5.69 Å². The number of hydrogen-bond acceptors (Lipinski definition) is 5. The van der Waals surface area contributed by atoms with E-state index >= 15 is 0 Å². The first-order valence-electron chi connectivity index (χ1n) is 5.41. The summed E-state index contributed by atoms with van der Waals surface area (Å²) in [5.41, 5.74) is 1.53. The highest BCUT2D eigenvalue weighted by molar-refractivity contribution is 5.56. The predicted molar refractivity (Wildman–Crippen MR) is 67.2 cm³/mol. The number of nitro groups is 1. The van der Waals surface area contributed by atoms with Gasteiger partial charge in [0.15, 0.2) is 0 Å². The maximum Gasteiger partial charge on any atom is 0.311 e. The van der Waals surface area contributed by atoms with Crippen LogP contribution in [0.4, 0.5) is 11.5 Å². The van der Waals surface area contributed by atoms with Crippen LogP contribution in [0.5, 0.6) is 0 Å².